The molecule has 0 aromatic heterocycles. The number of aliphatic hydroxyl groups is 1. The molecule has 0 saturated heterocycles. The van der Waals surface area contributed by atoms with Gasteiger partial charge < -0.3 is 9.84 Å². The van der Waals surface area contributed by atoms with E-state index in [-0.39, 0.29) is 5.92 Å². The fourth-order valence-corrected chi connectivity index (χ4v) is 3.55. The molecule has 1 aliphatic carbocycles. The van der Waals surface area contributed by atoms with E-state index in [1.165, 1.54) is 0 Å². The first-order valence-electron chi connectivity index (χ1n) is 8.12. The molecule has 0 bridgehead atoms. The topological polar surface area (TPSA) is 101 Å². The molecule has 0 aliphatic heterocycles. The highest BCUT2D eigenvalue weighted by Gasteiger charge is 2.52. The number of hydrogen-bond acceptors (Lipinski definition) is 5. The lowest BCUT2D eigenvalue weighted by Gasteiger charge is -2.31. The molecule has 3 unspecified atom stereocenters. The molecule has 25 heavy (non-hydrogen) atoms. The predicted octanol–water partition coefficient (Wildman–Crippen LogP) is 2.71. The molecule has 6 nitrogen and oxygen atoms in total. The number of ether oxygens (including phenoxy) is 1. The Morgan fingerprint density at radius 1 is 1.32 bits per heavy atom. The summed E-state index contributed by atoms with van der Waals surface area (Å²) in [5.74, 6) is -0.979. The van der Waals surface area contributed by atoms with Crippen molar-refractivity contribution in [2.75, 3.05) is 6.61 Å². The third-order valence-corrected chi connectivity index (χ3v) is 5.17. The molecule has 1 saturated carbocycles. The van der Waals surface area contributed by atoms with Crippen molar-refractivity contribution in [1.82, 2.24) is 0 Å². The van der Waals surface area contributed by atoms with E-state index in [9.17, 15) is 31.5 Å². The number of carbonyl (C=O) groups excluding carboxylic acids is 1. The molecule has 0 aromatic carbocycles. The SMILES string of the molecule is CC(C)(O)CC1CCCC(C(=O)OCCC(F)C(F)(F)S(=O)(=O)O)C1. The highest BCUT2D eigenvalue weighted by molar-refractivity contribution is 7.86. The first-order chi connectivity index (χ1) is 11.2. The van der Waals surface area contributed by atoms with Crippen LogP contribution in [0.4, 0.5) is 13.2 Å². The second-order valence-electron chi connectivity index (χ2n) is 7.21. The summed E-state index contributed by atoms with van der Waals surface area (Å²) < 4.78 is 73.3. The zero-order valence-electron chi connectivity index (χ0n) is 14.3. The zero-order chi connectivity index (χ0) is 19.5. The van der Waals surface area contributed by atoms with Crippen LogP contribution in [0.15, 0.2) is 0 Å². The van der Waals surface area contributed by atoms with Crippen molar-refractivity contribution in [2.24, 2.45) is 11.8 Å². The summed E-state index contributed by atoms with van der Waals surface area (Å²) in [5, 5.41) is 4.90. The van der Waals surface area contributed by atoms with Crippen LogP contribution in [0, 0.1) is 11.8 Å². The molecule has 10 heteroatoms. The summed E-state index contributed by atoms with van der Waals surface area (Å²) in [4.78, 5) is 12.0. The molecular weight excluding hydrogens is 365 g/mol. The average molecular weight is 390 g/mol. The molecule has 1 aliphatic rings. The van der Waals surface area contributed by atoms with Gasteiger partial charge in [-0.25, -0.2) is 4.39 Å². The van der Waals surface area contributed by atoms with E-state index in [1.54, 1.807) is 13.8 Å². The number of alkyl halides is 3. The fourth-order valence-electron chi connectivity index (χ4n) is 3.11. The Morgan fingerprint density at radius 3 is 2.44 bits per heavy atom. The predicted molar refractivity (Wildman–Crippen MR) is 83.3 cm³/mol. The molecule has 2 N–H and O–H groups in total. The van der Waals surface area contributed by atoms with Crippen molar-refractivity contribution < 1.29 is 40.8 Å². The Morgan fingerprint density at radius 2 is 1.92 bits per heavy atom. The van der Waals surface area contributed by atoms with E-state index in [0.717, 1.165) is 12.8 Å². The maximum atomic E-state index is 13.3. The van der Waals surface area contributed by atoms with E-state index in [0.29, 0.717) is 19.3 Å². The summed E-state index contributed by atoms with van der Waals surface area (Å²) in [6, 6.07) is 0. The maximum Gasteiger partial charge on any atom is 0.400 e. The van der Waals surface area contributed by atoms with Crippen molar-refractivity contribution in [3.8, 4) is 0 Å². The Kier molecular flexibility index (Phi) is 7.29. The highest BCUT2D eigenvalue weighted by Crippen LogP contribution is 2.35. The molecule has 0 spiro atoms. The van der Waals surface area contributed by atoms with Gasteiger partial charge >= 0.3 is 21.3 Å². The quantitative estimate of drug-likeness (QED) is 0.488. The average Bonchev–Trinajstić information content (AvgIpc) is 2.44. The van der Waals surface area contributed by atoms with Gasteiger partial charge in [0.1, 0.15) is 0 Å². The second kappa shape index (κ2) is 8.22. The first-order valence-corrected chi connectivity index (χ1v) is 9.56. The second-order valence-corrected chi connectivity index (χ2v) is 8.70. The van der Waals surface area contributed by atoms with Gasteiger partial charge in [-0.05, 0) is 39.0 Å². The van der Waals surface area contributed by atoms with Gasteiger partial charge in [0.15, 0.2) is 6.17 Å². The summed E-state index contributed by atoms with van der Waals surface area (Å²) in [7, 11) is -5.87. The summed E-state index contributed by atoms with van der Waals surface area (Å²) >= 11 is 0. The summed E-state index contributed by atoms with van der Waals surface area (Å²) in [6.07, 6.45) is -1.04. The number of hydrogen-bond donors (Lipinski definition) is 2. The first kappa shape index (κ1) is 22.2. The standard InChI is InChI=1S/C15H25F3O6S/c1-14(2,20)9-10-4-3-5-11(8-10)13(19)24-7-6-12(16)15(17,18)25(21,22)23/h10-12,20H,3-9H2,1-2H3,(H,21,22,23). The molecule has 148 valence electrons. The molecule has 1 rings (SSSR count). The van der Waals surface area contributed by atoms with E-state index in [4.69, 9.17) is 9.29 Å². The van der Waals surface area contributed by atoms with E-state index < -0.39 is 52.1 Å². The molecule has 0 amide bonds. The monoisotopic (exact) mass is 390 g/mol. The van der Waals surface area contributed by atoms with Crippen LogP contribution >= 0.6 is 0 Å². The fraction of sp³-hybridized carbons (Fsp3) is 0.933. The summed E-state index contributed by atoms with van der Waals surface area (Å²) in [5.41, 5.74) is -0.862. The third-order valence-electron chi connectivity index (χ3n) is 4.23. The van der Waals surface area contributed by atoms with Crippen LogP contribution in [-0.4, -0.2) is 47.7 Å². The lowest BCUT2D eigenvalue weighted by molar-refractivity contribution is -0.151. The Balaban J connectivity index is 2.46. The van der Waals surface area contributed by atoms with Crippen molar-refractivity contribution in [1.29, 1.82) is 0 Å². The van der Waals surface area contributed by atoms with Crippen LogP contribution in [0.5, 0.6) is 0 Å². The summed E-state index contributed by atoms with van der Waals surface area (Å²) in [6.45, 7) is 2.63. The number of carbonyl (C=O) groups is 1. The van der Waals surface area contributed by atoms with Gasteiger partial charge in [-0.2, -0.15) is 17.2 Å². The van der Waals surface area contributed by atoms with Crippen LogP contribution in [-0.2, 0) is 19.6 Å². The van der Waals surface area contributed by atoms with Crippen LogP contribution in [0.1, 0.15) is 52.4 Å². The minimum absolute atomic E-state index is 0.129. The smallest absolute Gasteiger partial charge is 0.400 e. The molecule has 3 atom stereocenters. The minimum atomic E-state index is -5.87. The van der Waals surface area contributed by atoms with E-state index >= 15 is 0 Å². The Bertz CT molecular complexity index is 558. The van der Waals surface area contributed by atoms with Crippen molar-refractivity contribution >= 4 is 16.1 Å². The van der Waals surface area contributed by atoms with Gasteiger partial charge in [0, 0.05) is 6.42 Å². The van der Waals surface area contributed by atoms with Gasteiger partial charge in [0.2, 0.25) is 0 Å². The highest BCUT2D eigenvalue weighted by atomic mass is 32.2. The van der Waals surface area contributed by atoms with E-state index in [1.807, 2.05) is 0 Å². The van der Waals surface area contributed by atoms with Gasteiger partial charge in [-0.15, -0.1) is 0 Å². The van der Waals surface area contributed by atoms with Gasteiger partial charge in [-0.3, -0.25) is 9.35 Å². The van der Waals surface area contributed by atoms with Crippen LogP contribution < -0.4 is 0 Å². The lowest BCUT2D eigenvalue weighted by atomic mass is 9.77. The number of rotatable bonds is 8. The Hall–Kier alpha value is -0.870. The van der Waals surface area contributed by atoms with Gasteiger partial charge in [-0.1, -0.05) is 12.8 Å². The number of halogens is 3. The van der Waals surface area contributed by atoms with Gasteiger partial charge in [0.05, 0.1) is 18.1 Å². The molecule has 0 heterocycles. The third kappa shape index (κ3) is 6.74. The molecule has 0 aromatic rings. The molecular formula is C15H25F3O6S. The maximum absolute atomic E-state index is 13.3. The van der Waals surface area contributed by atoms with Crippen molar-refractivity contribution in [3.63, 3.8) is 0 Å². The van der Waals surface area contributed by atoms with Crippen LogP contribution in [0.25, 0.3) is 0 Å². The lowest BCUT2D eigenvalue weighted by Crippen LogP contribution is -2.39. The normalized spacial score (nSPS) is 24.0. The largest absolute Gasteiger partial charge is 0.465 e. The molecule has 1 fully saturated rings. The molecule has 0 radical (unpaired) electrons. The van der Waals surface area contributed by atoms with Crippen molar-refractivity contribution in [3.05, 3.63) is 0 Å². The van der Waals surface area contributed by atoms with E-state index in [2.05, 4.69) is 0 Å². The zero-order valence-corrected chi connectivity index (χ0v) is 15.1. The van der Waals surface area contributed by atoms with Crippen LogP contribution in [0.2, 0.25) is 0 Å². The van der Waals surface area contributed by atoms with Crippen LogP contribution in [0.3, 0.4) is 0 Å². The Labute approximate surface area is 145 Å². The number of esters is 1. The minimum Gasteiger partial charge on any atom is -0.465 e. The van der Waals surface area contributed by atoms with Gasteiger partial charge in [0.25, 0.3) is 0 Å². The van der Waals surface area contributed by atoms with Crippen molar-refractivity contribution in [2.45, 2.75) is 69.4 Å².